The smallest absolute Gasteiger partial charge is 0.0512 e. The van der Waals surface area contributed by atoms with E-state index in [2.05, 4.69) is 17.7 Å². The third kappa shape index (κ3) is 2.00. The normalized spacial score (nSPS) is 24.9. The lowest BCUT2D eigenvalue weighted by Gasteiger charge is -2.27. The second-order valence-corrected chi connectivity index (χ2v) is 4.76. The van der Waals surface area contributed by atoms with E-state index in [-0.39, 0.29) is 6.04 Å². The molecule has 0 radical (unpaired) electrons. The van der Waals surface area contributed by atoms with Gasteiger partial charge in [0.15, 0.2) is 0 Å². The highest BCUT2D eigenvalue weighted by Gasteiger charge is 2.23. The van der Waals surface area contributed by atoms with Crippen molar-refractivity contribution < 1.29 is 4.74 Å². The molecule has 1 aromatic heterocycles. The van der Waals surface area contributed by atoms with Gasteiger partial charge in [0.25, 0.3) is 0 Å². The third-order valence-electron chi connectivity index (χ3n) is 2.96. The first-order chi connectivity index (χ1) is 6.79. The molecule has 0 spiro atoms. The standard InChI is InChI=1S/C11H17NOS/c1-8-6-14-7-10(8)11(12)9-3-2-4-13-5-9/h6-7,9,11H,2-5,12H2,1H3. The van der Waals surface area contributed by atoms with E-state index in [4.69, 9.17) is 10.5 Å². The van der Waals surface area contributed by atoms with Gasteiger partial charge in [-0.05, 0) is 41.7 Å². The number of rotatable bonds is 2. The molecular weight excluding hydrogens is 194 g/mol. The van der Waals surface area contributed by atoms with Crippen LogP contribution in [-0.2, 0) is 4.74 Å². The minimum absolute atomic E-state index is 0.168. The molecule has 78 valence electrons. The molecule has 0 aliphatic carbocycles. The molecule has 2 atom stereocenters. The molecule has 14 heavy (non-hydrogen) atoms. The third-order valence-corrected chi connectivity index (χ3v) is 3.84. The molecule has 1 aliphatic rings. The maximum atomic E-state index is 6.24. The molecule has 2 nitrogen and oxygen atoms in total. The van der Waals surface area contributed by atoms with Crippen LogP contribution in [0.25, 0.3) is 0 Å². The molecule has 1 aromatic rings. The maximum Gasteiger partial charge on any atom is 0.0512 e. The van der Waals surface area contributed by atoms with Crippen LogP contribution in [0.5, 0.6) is 0 Å². The zero-order chi connectivity index (χ0) is 9.97. The van der Waals surface area contributed by atoms with Crippen LogP contribution in [0.4, 0.5) is 0 Å². The molecule has 0 saturated carbocycles. The molecule has 1 aliphatic heterocycles. The van der Waals surface area contributed by atoms with E-state index in [1.807, 2.05) is 0 Å². The SMILES string of the molecule is Cc1cscc1C(N)C1CCCOC1. The minimum Gasteiger partial charge on any atom is -0.381 e. The van der Waals surface area contributed by atoms with E-state index in [9.17, 15) is 0 Å². The quantitative estimate of drug-likeness (QED) is 0.815. The maximum absolute atomic E-state index is 6.24. The fourth-order valence-electron chi connectivity index (χ4n) is 2.01. The van der Waals surface area contributed by atoms with Crippen molar-refractivity contribution in [1.29, 1.82) is 0 Å². The van der Waals surface area contributed by atoms with Crippen LogP contribution in [-0.4, -0.2) is 13.2 Å². The predicted octanol–water partition coefficient (Wildman–Crippen LogP) is 2.48. The highest BCUT2D eigenvalue weighted by molar-refractivity contribution is 7.08. The Balaban J connectivity index is 2.07. The Hall–Kier alpha value is -0.380. The molecule has 0 amide bonds. The van der Waals surface area contributed by atoms with Crippen molar-refractivity contribution >= 4 is 11.3 Å². The molecule has 3 heteroatoms. The number of hydrogen-bond donors (Lipinski definition) is 1. The van der Waals surface area contributed by atoms with Crippen molar-refractivity contribution in [3.05, 3.63) is 21.9 Å². The summed E-state index contributed by atoms with van der Waals surface area (Å²) >= 11 is 1.74. The van der Waals surface area contributed by atoms with Crippen LogP contribution in [0.3, 0.4) is 0 Å². The van der Waals surface area contributed by atoms with Crippen molar-refractivity contribution in [2.45, 2.75) is 25.8 Å². The molecule has 0 aromatic carbocycles. The summed E-state index contributed by atoms with van der Waals surface area (Å²) in [6.07, 6.45) is 2.36. The second kappa shape index (κ2) is 4.43. The number of thiophene rings is 1. The summed E-state index contributed by atoms with van der Waals surface area (Å²) in [6, 6.07) is 0.168. The lowest BCUT2D eigenvalue weighted by atomic mass is 9.89. The van der Waals surface area contributed by atoms with E-state index in [0.29, 0.717) is 5.92 Å². The highest BCUT2D eigenvalue weighted by Crippen LogP contribution is 2.30. The van der Waals surface area contributed by atoms with Gasteiger partial charge in [-0.3, -0.25) is 0 Å². The largest absolute Gasteiger partial charge is 0.381 e. The first-order valence-electron chi connectivity index (χ1n) is 5.15. The summed E-state index contributed by atoms with van der Waals surface area (Å²) in [4.78, 5) is 0. The number of nitrogens with two attached hydrogens (primary N) is 1. The predicted molar refractivity (Wildman–Crippen MR) is 59.5 cm³/mol. The summed E-state index contributed by atoms with van der Waals surface area (Å²) in [6.45, 7) is 3.87. The van der Waals surface area contributed by atoms with Crippen molar-refractivity contribution in [1.82, 2.24) is 0 Å². The number of ether oxygens (including phenoxy) is 1. The highest BCUT2D eigenvalue weighted by atomic mass is 32.1. The van der Waals surface area contributed by atoms with Crippen molar-refractivity contribution in [3.63, 3.8) is 0 Å². The zero-order valence-corrected chi connectivity index (χ0v) is 9.35. The van der Waals surface area contributed by atoms with Crippen LogP contribution in [0.15, 0.2) is 10.8 Å². The van der Waals surface area contributed by atoms with E-state index >= 15 is 0 Å². The van der Waals surface area contributed by atoms with Crippen molar-refractivity contribution in [2.75, 3.05) is 13.2 Å². The summed E-state index contributed by atoms with van der Waals surface area (Å²) in [5, 5.41) is 4.34. The average Bonchev–Trinajstić information content (AvgIpc) is 2.65. The number of aryl methyl sites for hydroxylation is 1. The van der Waals surface area contributed by atoms with Gasteiger partial charge in [-0.2, -0.15) is 11.3 Å². The summed E-state index contributed by atoms with van der Waals surface area (Å²) in [5.74, 6) is 0.511. The Labute approximate surface area is 89.1 Å². The number of hydrogen-bond acceptors (Lipinski definition) is 3. The van der Waals surface area contributed by atoms with Gasteiger partial charge in [-0.15, -0.1) is 0 Å². The van der Waals surface area contributed by atoms with Gasteiger partial charge in [0.1, 0.15) is 0 Å². The fourth-order valence-corrected chi connectivity index (χ4v) is 2.91. The van der Waals surface area contributed by atoms with Gasteiger partial charge in [-0.1, -0.05) is 0 Å². The van der Waals surface area contributed by atoms with Crippen LogP contribution in [0, 0.1) is 12.8 Å². The monoisotopic (exact) mass is 211 g/mol. The summed E-state index contributed by atoms with van der Waals surface area (Å²) in [7, 11) is 0. The summed E-state index contributed by atoms with van der Waals surface area (Å²) < 4.78 is 5.46. The summed E-state index contributed by atoms with van der Waals surface area (Å²) in [5.41, 5.74) is 8.88. The fraction of sp³-hybridized carbons (Fsp3) is 0.636. The molecule has 2 heterocycles. The molecule has 0 bridgehead atoms. The molecule has 1 saturated heterocycles. The van der Waals surface area contributed by atoms with Gasteiger partial charge >= 0.3 is 0 Å². The first-order valence-corrected chi connectivity index (χ1v) is 6.09. The van der Waals surface area contributed by atoms with Crippen LogP contribution in [0.2, 0.25) is 0 Å². The molecule has 2 unspecified atom stereocenters. The Kier molecular flexibility index (Phi) is 3.21. The van der Waals surface area contributed by atoms with Crippen molar-refractivity contribution in [3.8, 4) is 0 Å². The Morgan fingerprint density at radius 1 is 1.57 bits per heavy atom. The zero-order valence-electron chi connectivity index (χ0n) is 8.53. The van der Waals surface area contributed by atoms with Crippen molar-refractivity contribution in [2.24, 2.45) is 11.7 Å². The first kappa shape index (κ1) is 10.1. The van der Waals surface area contributed by atoms with E-state index < -0.39 is 0 Å². The van der Waals surface area contributed by atoms with E-state index in [1.165, 1.54) is 17.5 Å². The van der Waals surface area contributed by atoms with E-state index in [0.717, 1.165) is 19.6 Å². The van der Waals surface area contributed by atoms with Crippen LogP contribution in [0.1, 0.15) is 30.0 Å². The van der Waals surface area contributed by atoms with E-state index in [1.54, 1.807) is 11.3 Å². The molecule has 2 N–H and O–H groups in total. The van der Waals surface area contributed by atoms with Gasteiger partial charge in [0, 0.05) is 18.6 Å². The van der Waals surface area contributed by atoms with Crippen LogP contribution < -0.4 is 5.73 Å². The average molecular weight is 211 g/mol. The Morgan fingerprint density at radius 3 is 3.00 bits per heavy atom. The lowest BCUT2D eigenvalue weighted by Crippen LogP contribution is -2.29. The lowest BCUT2D eigenvalue weighted by molar-refractivity contribution is 0.0447. The second-order valence-electron chi connectivity index (χ2n) is 4.01. The van der Waals surface area contributed by atoms with Gasteiger partial charge in [0.05, 0.1) is 6.61 Å². The minimum atomic E-state index is 0.168. The van der Waals surface area contributed by atoms with Gasteiger partial charge in [0.2, 0.25) is 0 Å². The van der Waals surface area contributed by atoms with Crippen LogP contribution >= 0.6 is 11.3 Å². The molecular formula is C11H17NOS. The van der Waals surface area contributed by atoms with Gasteiger partial charge in [-0.25, -0.2) is 0 Å². The molecule has 1 fully saturated rings. The topological polar surface area (TPSA) is 35.2 Å². The Bertz CT molecular complexity index is 291. The van der Waals surface area contributed by atoms with Gasteiger partial charge < -0.3 is 10.5 Å². The Morgan fingerprint density at radius 2 is 2.43 bits per heavy atom. The molecule has 2 rings (SSSR count).